The lowest BCUT2D eigenvalue weighted by molar-refractivity contribution is 0.0996. The predicted octanol–water partition coefficient (Wildman–Crippen LogP) is 2.63. The third-order valence-electron chi connectivity index (χ3n) is 5.09. The number of nitrogens with two attached hydrogens (primary N) is 2. The molecule has 2 aromatic rings. The highest BCUT2D eigenvalue weighted by atomic mass is 16.5. The lowest BCUT2D eigenvalue weighted by atomic mass is 9.91. The first-order valence-electron chi connectivity index (χ1n) is 9.50. The third kappa shape index (κ3) is 4.33. The number of ether oxygens (including phenoxy) is 1. The normalized spacial score (nSPS) is 19.1. The number of primary amides is 1. The molecule has 2 atom stereocenters. The largest absolute Gasteiger partial charge is 0.495 e. The van der Waals surface area contributed by atoms with Gasteiger partial charge in [-0.2, -0.15) is 0 Å². The van der Waals surface area contributed by atoms with Crippen molar-refractivity contribution < 1.29 is 9.53 Å². The van der Waals surface area contributed by atoms with E-state index in [1.54, 1.807) is 13.3 Å². The molecule has 1 amide bonds. The smallest absolute Gasteiger partial charge is 0.269 e. The van der Waals surface area contributed by atoms with Gasteiger partial charge in [-0.05, 0) is 44.4 Å². The maximum atomic E-state index is 11.8. The van der Waals surface area contributed by atoms with Crippen LogP contribution in [-0.4, -0.2) is 35.1 Å². The van der Waals surface area contributed by atoms with Crippen molar-refractivity contribution in [2.24, 2.45) is 11.5 Å². The van der Waals surface area contributed by atoms with E-state index in [0.717, 1.165) is 48.4 Å². The monoisotopic (exact) mass is 384 g/mol. The van der Waals surface area contributed by atoms with Crippen molar-refractivity contribution in [1.82, 2.24) is 9.97 Å². The Morgan fingerprint density at radius 1 is 1.25 bits per heavy atom. The van der Waals surface area contributed by atoms with Crippen LogP contribution in [0.3, 0.4) is 0 Å². The Kier molecular flexibility index (Phi) is 5.99. The molecule has 1 saturated carbocycles. The zero-order valence-electron chi connectivity index (χ0n) is 16.6. The second-order valence-corrected chi connectivity index (χ2v) is 7.25. The van der Waals surface area contributed by atoms with Gasteiger partial charge >= 0.3 is 0 Å². The number of carbonyl (C=O) groups is 1. The van der Waals surface area contributed by atoms with Crippen LogP contribution in [0.15, 0.2) is 18.3 Å². The van der Waals surface area contributed by atoms with Crippen LogP contribution >= 0.6 is 0 Å². The van der Waals surface area contributed by atoms with Crippen LogP contribution in [0.1, 0.15) is 47.4 Å². The third-order valence-corrected chi connectivity index (χ3v) is 5.09. The van der Waals surface area contributed by atoms with Gasteiger partial charge in [-0.25, -0.2) is 9.97 Å². The van der Waals surface area contributed by atoms with E-state index in [2.05, 4.69) is 20.6 Å². The number of nitrogens with zero attached hydrogens (tertiary/aromatic N) is 2. The SMILES string of the molecule is COc1c(C)cc(Nc2cc(N[C@@H]3CCCC[C@@H]3N)cnc2C(N)=O)nc1C. The Hall–Kier alpha value is -2.87. The lowest BCUT2D eigenvalue weighted by Crippen LogP contribution is -2.42. The number of anilines is 3. The molecule has 1 aliphatic carbocycles. The summed E-state index contributed by atoms with van der Waals surface area (Å²) in [5.41, 5.74) is 14.9. The Bertz CT molecular complexity index is 847. The van der Waals surface area contributed by atoms with Gasteiger partial charge < -0.3 is 26.8 Å². The van der Waals surface area contributed by atoms with Crippen LogP contribution < -0.4 is 26.8 Å². The number of amides is 1. The average Bonchev–Trinajstić information content (AvgIpc) is 2.63. The van der Waals surface area contributed by atoms with E-state index in [-0.39, 0.29) is 17.8 Å². The summed E-state index contributed by atoms with van der Waals surface area (Å²) < 4.78 is 5.36. The summed E-state index contributed by atoms with van der Waals surface area (Å²) in [6.07, 6.45) is 5.94. The fraction of sp³-hybridized carbons (Fsp3) is 0.450. The summed E-state index contributed by atoms with van der Waals surface area (Å²) >= 11 is 0. The highest BCUT2D eigenvalue weighted by Crippen LogP contribution is 2.28. The number of hydrogen-bond donors (Lipinski definition) is 4. The molecule has 0 aliphatic heterocycles. The molecule has 3 rings (SSSR count). The van der Waals surface area contributed by atoms with Crippen molar-refractivity contribution in [2.75, 3.05) is 17.7 Å². The van der Waals surface area contributed by atoms with Gasteiger partial charge in [-0.3, -0.25) is 4.79 Å². The van der Waals surface area contributed by atoms with Crippen LogP contribution in [0.4, 0.5) is 17.2 Å². The van der Waals surface area contributed by atoms with E-state index in [1.165, 1.54) is 0 Å². The standard InChI is InChI=1S/C20H28N6O2/c1-11-8-17(24-12(2)19(11)28-3)26-16-9-13(10-23-18(16)20(22)27)25-15-7-5-4-6-14(15)21/h8-10,14-15,25H,4-7,21H2,1-3H3,(H2,22,27)(H,24,26)/t14-,15+/m0/s1. The molecule has 28 heavy (non-hydrogen) atoms. The highest BCUT2D eigenvalue weighted by Gasteiger charge is 2.22. The Morgan fingerprint density at radius 2 is 2.00 bits per heavy atom. The minimum atomic E-state index is -0.606. The van der Waals surface area contributed by atoms with Crippen molar-refractivity contribution in [3.8, 4) is 5.75 Å². The van der Waals surface area contributed by atoms with Gasteiger partial charge in [0, 0.05) is 12.1 Å². The minimum Gasteiger partial charge on any atom is -0.495 e. The summed E-state index contributed by atoms with van der Waals surface area (Å²) in [6.45, 7) is 3.81. The molecule has 8 heteroatoms. The molecule has 1 aliphatic rings. The number of aromatic nitrogens is 2. The molecule has 0 bridgehead atoms. The second-order valence-electron chi connectivity index (χ2n) is 7.25. The molecule has 0 aromatic carbocycles. The van der Waals surface area contributed by atoms with Gasteiger partial charge in [-0.1, -0.05) is 12.8 Å². The first-order valence-corrected chi connectivity index (χ1v) is 9.50. The molecular weight excluding hydrogens is 356 g/mol. The molecule has 150 valence electrons. The minimum absolute atomic E-state index is 0.106. The molecule has 8 nitrogen and oxygen atoms in total. The van der Waals surface area contributed by atoms with E-state index >= 15 is 0 Å². The predicted molar refractivity (Wildman–Crippen MR) is 110 cm³/mol. The Labute approximate surface area is 165 Å². The van der Waals surface area contributed by atoms with Gasteiger partial charge in [0.2, 0.25) is 0 Å². The van der Waals surface area contributed by atoms with Crippen LogP contribution in [0.2, 0.25) is 0 Å². The summed E-state index contributed by atoms with van der Waals surface area (Å²) in [4.78, 5) is 20.6. The Balaban J connectivity index is 1.89. The van der Waals surface area contributed by atoms with Crippen molar-refractivity contribution >= 4 is 23.1 Å². The number of nitrogens with one attached hydrogen (secondary N) is 2. The van der Waals surface area contributed by atoms with Gasteiger partial charge in [0.1, 0.15) is 11.6 Å². The number of hydrogen-bond acceptors (Lipinski definition) is 7. The van der Waals surface area contributed by atoms with Gasteiger partial charge in [0.25, 0.3) is 5.91 Å². The van der Waals surface area contributed by atoms with Crippen LogP contribution in [0, 0.1) is 13.8 Å². The fourth-order valence-electron chi connectivity index (χ4n) is 3.72. The molecule has 0 radical (unpaired) electrons. The molecule has 1 fully saturated rings. The second kappa shape index (κ2) is 8.43. The maximum absolute atomic E-state index is 11.8. The van der Waals surface area contributed by atoms with Crippen LogP contribution in [0.5, 0.6) is 5.75 Å². The molecule has 0 saturated heterocycles. The topological polar surface area (TPSA) is 128 Å². The number of methoxy groups -OCH3 is 1. The molecule has 6 N–H and O–H groups in total. The molecular formula is C20H28N6O2. The summed E-state index contributed by atoms with van der Waals surface area (Å²) in [6, 6.07) is 3.97. The molecule has 0 unspecified atom stereocenters. The van der Waals surface area contributed by atoms with Crippen molar-refractivity contribution in [1.29, 1.82) is 0 Å². The first-order chi connectivity index (χ1) is 13.4. The summed E-state index contributed by atoms with van der Waals surface area (Å²) in [5.74, 6) is 0.720. The van der Waals surface area contributed by atoms with E-state index in [4.69, 9.17) is 16.2 Å². The highest BCUT2D eigenvalue weighted by molar-refractivity contribution is 5.97. The zero-order chi connectivity index (χ0) is 20.3. The number of rotatable bonds is 6. The van der Waals surface area contributed by atoms with Gasteiger partial charge in [0.15, 0.2) is 5.69 Å². The van der Waals surface area contributed by atoms with E-state index < -0.39 is 5.91 Å². The van der Waals surface area contributed by atoms with Crippen LogP contribution in [0.25, 0.3) is 0 Å². The quantitative estimate of drug-likeness (QED) is 0.602. The lowest BCUT2D eigenvalue weighted by Gasteiger charge is -2.30. The van der Waals surface area contributed by atoms with E-state index in [9.17, 15) is 4.79 Å². The summed E-state index contributed by atoms with van der Waals surface area (Å²) in [7, 11) is 1.62. The number of carbonyl (C=O) groups excluding carboxylic acids is 1. The fourth-order valence-corrected chi connectivity index (χ4v) is 3.72. The van der Waals surface area contributed by atoms with E-state index in [1.807, 2.05) is 26.0 Å². The number of aryl methyl sites for hydroxylation is 2. The molecule has 2 heterocycles. The van der Waals surface area contributed by atoms with Gasteiger partial charge in [-0.15, -0.1) is 0 Å². The Morgan fingerprint density at radius 3 is 2.64 bits per heavy atom. The zero-order valence-corrected chi connectivity index (χ0v) is 16.6. The van der Waals surface area contributed by atoms with E-state index in [0.29, 0.717) is 11.5 Å². The van der Waals surface area contributed by atoms with Crippen molar-refractivity contribution in [3.63, 3.8) is 0 Å². The summed E-state index contributed by atoms with van der Waals surface area (Å²) in [5, 5.41) is 6.62. The maximum Gasteiger partial charge on any atom is 0.269 e. The first kappa shape index (κ1) is 19.9. The van der Waals surface area contributed by atoms with Crippen LogP contribution in [-0.2, 0) is 0 Å². The molecule has 2 aromatic heterocycles. The van der Waals surface area contributed by atoms with Crippen molar-refractivity contribution in [3.05, 3.63) is 35.3 Å². The van der Waals surface area contributed by atoms with Crippen molar-refractivity contribution in [2.45, 2.75) is 51.6 Å². The average molecular weight is 384 g/mol. The molecule has 0 spiro atoms. The van der Waals surface area contributed by atoms with Gasteiger partial charge in [0.05, 0.1) is 30.4 Å². The number of pyridine rings is 2.